The molecule has 1 saturated heterocycles. The summed E-state index contributed by atoms with van der Waals surface area (Å²) >= 11 is 5.12. The monoisotopic (exact) mass is 387 g/mol. The number of amides is 3. The van der Waals surface area contributed by atoms with Crippen molar-refractivity contribution in [2.45, 2.75) is 39.8 Å². The number of imide groups is 1. The van der Waals surface area contributed by atoms with E-state index >= 15 is 0 Å². The van der Waals surface area contributed by atoms with Crippen molar-refractivity contribution in [3.8, 4) is 0 Å². The third kappa shape index (κ3) is 4.30. The first-order valence-electron chi connectivity index (χ1n) is 7.49. The van der Waals surface area contributed by atoms with Crippen LogP contribution in [0, 0.1) is 5.92 Å². The lowest BCUT2D eigenvalue weighted by atomic mass is 10.0. The van der Waals surface area contributed by atoms with E-state index in [-0.39, 0.29) is 18.0 Å². The van der Waals surface area contributed by atoms with Gasteiger partial charge in [0.25, 0.3) is 5.91 Å². The smallest absolute Gasteiger partial charge is 0.325 e. The summed E-state index contributed by atoms with van der Waals surface area (Å²) in [6.07, 6.45) is 0.686. The largest absolute Gasteiger partial charge is 0.326 e. The van der Waals surface area contributed by atoms with Crippen molar-refractivity contribution in [3.05, 3.63) is 20.8 Å². The summed E-state index contributed by atoms with van der Waals surface area (Å²) in [5.74, 6) is 0.268. The van der Waals surface area contributed by atoms with Gasteiger partial charge in [0, 0.05) is 11.4 Å². The number of nitrogens with zero attached hydrogens (tertiary/aromatic N) is 2. The molecule has 5 nitrogen and oxygen atoms in total. The number of hydrogen-bond acceptors (Lipinski definition) is 4. The van der Waals surface area contributed by atoms with Gasteiger partial charge in [0.15, 0.2) is 0 Å². The van der Waals surface area contributed by atoms with Crippen LogP contribution in [0.3, 0.4) is 0 Å². The molecule has 0 saturated carbocycles. The minimum absolute atomic E-state index is 0.107. The second-order valence-electron chi connectivity index (χ2n) is 5.89. The molecule has 0 aromatic carbocycles. The van der Waals surface area contributed by atoms with E-state index < -0.39 is 0 Å². The molecule has 1 N–H and O–H groups in total. The number of thiophene rings is 1. The Morgan fingerprint density at radius 3 is 2.68 bits per heavy atom. The second-order valence-corrected chi connectivity index (χ2v) is 8.44. The highest BCUT2D eigenvalue weighted by Crippen LogP contribution is 2.23. The van der Waals surface area contributed by atoms with Gasteiger partial charge in [-0.2, -0.15) is 0 Å². The van der Waals surface area contributed by atoms with Crippen molar-refractivity contribution < 1.29 is 9.59 Å². The summed E-state index contributed by atoms with van der Waals surface area (Å²) < 4.78 is 1.09. The maximum atomic E-state index is 12.4. The summed E-state index contributed by atoms with van der Waals surface area (Å²) in [5.41, 5.74) is 0. The summed E-state index contributed by atoms with van der Waals surface area (Å²) in [7, 11) is 0. The van der Waals surface area contributed by atoms with Crippen LogP contribution < -0.4 is 5.32 Å². The number of hydrogen-bond donors (Lipinski definition) is 1. The number of urea groups is 1. The maximum absolute atomic E-state index is 12.4. The van der Waals surface area contributed by atoms with Crippen molar-refractivity contribution in [2.24, 2.45) is 5.92 Å². The summed E-state index contributed by atoms with van der Waals surface area (Å²) in [5, 5.41) is 2.79. The predicted molar refractivity (Wildman–Crippen MR) is 91.6 cm³/mol. The fraction of sp³-hybridized carbons (Fsp3) is 0.600. The average Bonchev–Trinajstić information content (AvgIpc) is 2.96. The fourth-order valence-electron chi connectivity index (χ4n) is 2.46. The standard InChI is InChI=1S/C15H22BrN3O2S/c1-4-18(8-11-5-6-13(16)22-11)9-19-14(20)12(7-10(2)3)17-15(19)21/h5-6,10,12H,4,7-9H2,1-3H3,(H,17,21)/t12-/m0/s1. The van der Waals surface area contributed by atoms with Gasteiger partial charge in [-0.1, -0.05) is 20.8 Å². The Balaban J connectivity index is 1.98. The highest BCUT2D eigenvalue weighted by atomic mass is 79.9. The van der Waals surface area contributed by atoms with Crippen LogP contribution >= 0.6 is 27.3 Å². The lowest BCUT2D eigenvalue weighted by Crippen LogP contribution is -2.41. The van der Waals surface area contributed by atoms with E-state index in [1.807, 2.05) is 13.0 Å². The molecule has 2 rings (SSSR count). The van der Waals surface area contributed by atoms with E-state index in [4.69, 9.17) is 0 Å². The number of nitrogens with one attached hydrogen (secondary N) is 1. The topological polar surface area (TPSA) is 52.6 Å². The number of halogens is 1. The Labute approximate surface area is 143 Å². The van der Waals surface area contributed by atoms with Crippen molar-refractivity contribution in [1.29, 1.82) is 0 Å². The van der Waals surface area contributed by atoms with E-state index in [2.05, 4.69) is 46.1 Å². The van der Waals surface area contributed by atoms with Gasteiger partial charge >= 0.3 is 6.03 Å². The van der Waals surface area contributed by atoms with Crippen molar-refractivity contribution >= 4 is 39.2 Å². The third-order valence-electron chi connectivity index (χ3n) is 3.61. The van der Waals surface area contributed by atoms with Crippen LogP contribution in [0.5, 0.6) is 0 Å². The minimum atomic E-state index is -0.373. The predicted octanol–water partition coefficient (Wildman–Crippen LogP) is 3.26. The molecule has 1 aromatic heterocycles. The highest BCUT2D eigenvalue weighted by molar-refractivity contribution is 9.11. The highest BCUT2D eigenvalue weighted by Gasteiger charge is 2.38. The lowest BCUT2D eigenvalue weighted by Gasteiger charge is -2.24. The molecule has 1 atom stereocenters. The number of carbonyl (C=O) groups excluding carboxylic acids is 2. The molecule has 1 fully saturated rings. The van der Waals surface area contributed by atoms with E-state index in [1.165, 1.54) is 9.78 Å². The van der Waals surface area contributed by atoms with E-state index in [1.54, 1.807) is 11.3 Å². The van der Waals surface area contributed by atoms with Crippen LogP contribution in [0.2, 0.25) is 0 Å². The molecular weight excluding hydrogens is 366 g/mol. The zero-order valence-corrected chi connectivity index (χ0v) is 15.5. The van der Waals surface area contributed by atoms with Crippen LogP contribution in [0.1, 0.15) is 32.1 Å². The molecule has 1 aliphatic heterocycles. The van der Waals surface area contributed by atoms with Gasteiger partial charge < -0.3 is 5.32 Å². The van der Waals surface area contributed by atoms with E-state index in [9.17, 15) is 9.59 Å². The minimum Gasteiger partial charge on any atom is -0.326 e. The van der Waals surface area contributed by atoms with Crippen LogP contribution in [0.25, 0.3) is 0 Å². The van der Waals surface area contributed by atoms with Crippen LogP contribution in [-0.4, -0.2) is 41.0 Å². The van der Waals surface area contributed by atoms with Gasteiger partial charge in [0.05, 0.1) is 10.5 Å². The van der Waals surface area contributed by atoms with Gasteiger partial charge in [-0.15, -0.1) is 11.3 Å². The zero-order valence-electron chi connectivity index (χ0n) is 13.1. The molecule has 0 aliphatic carbocycles. The first-order chi connectivity index (χ1) is 10.4. The van der Waals surface area contributed by atoms with E-state index in [0.717, 1.165) is 16.9 Å². The number of rotatable bonds is 7. The molecule has 22 heavy (non-hydrogen) atoms. The molecule has 7 heteroatoms. The van der Waals surface area contributed by atoms with Crippen molar-refractivity contribution in [1.82, 2.24) is 15.1 Å². The molecule has 0 radical (unpaired) electrons. The molecule has 0 unspecified atom stereocenters. The summed E-state index contributed by atoms with van der Waals surface area (Å²) in [6.45, 7) is 7.99. The maximum Gasteiger partial charge on any atom is 0.325 e. The molecule has 1 aromatic rings. The van der Waals surface area contributed by atoms with Gasteiger partial charge in [-0.3, -0.25) is 9.69 Å². The Kier molecular flexibility index (Phi) is 6.00. The van der Waals surface area contributed by atoms with Gasteiger partial charge in [0.2, 0.25) is 0 Å². The average molecular weight is 388 g/mol. The number of carbonyl (C=O) groups is 2. The van der Waals surface area contributed by atoms with Crippen molar-refractivity contribution in [3.63, 3.8) is 0 Å². The SMILES string of the molecule is CCN(Cc1ccc(Br)s1)CN1C(=O)N[C@@H](CC(C)C)C1=O. The van der Waals surface area contributed by atoms with Crippen LogP contribution in [-0.2, 0) is 11.3 Å². The molecule has 0 bridgehead atoms. The van der Waals surface area contributed by atoms with Crippen LogP contribution in [0.15, 0.2) is 15.9 Å². The zero-order chi connectivity index (χ0) is 16.3. The van der Waals surface area contributed by atoms with Gasteiger partial charge in [0.1, 0.15) is 6.04 Å². The molecule has 122 valence electrons. The first-order valence-corrected chi connectivity index (χ1v) is 9.10. The Morgan fingerprint density at radius 1 is 1.41 bits per heavy atom. The molecule has 2 heterocycles. The first kappa shape index (κ1) is 17.4. The second kappa shape index (κ2) is 7.57. The van der Waals surface area contributed by atoms with E-state index in [0.29, 0.717) is 19.0 Å². The summed E-state index contributed by atoms with van der Waals surface area (Å²) in [6, 6.07) is 3.42. The fourth-order valence-corrected chi connectivity index (χ4v) is 3.99. The summed E-state index contributed by atoms with van der Waals surface area (Å²) in [4.78, 5) is 29.0. The van der Waals surface area contributed by atoms with Gasteiger partial charge in [-0.05, 0) is 46.9 Å². The van der Waals surface area contributed by atoms with Crippen LogP contribution in [0.4, 0.5) is 4.79 Å². The molecule has 0 spiro atoms. The Hall–Kier alpha value is -0.920. The van der Waals surface area contributed by atoms with Gasteiger partial charge in [-0.25, -0.2) is 9.69 Å². The molecule has 1 aliphatic rings. The Morgan fingerprint density at radius 2 is 2.14 bits per heavy atom. The van der Waals surface area contributed by atoms with Crippen molar-refractivity contribution in [2.75, 3.05) is 13.2 Å². The third-order valence-corrected chi connectivity index (χ3v) is 5.22. The molecule has 3 amide bonds. The lowest BCUT2D eigenvalue weighted by molar-refractivity contribution is -0.129. The Bertz CT molecular complexity index is 547. The molecular formula is C15H22BrN3O2S. The quantitative estimate of drug-likeness (QED) is 0.730. The normalized spacial score (nSPS) is 18.6.